The second kappa shape index (κ2) is 8.61. The summed E-state index contributed by atoms with van der Waals surface area (Å²) in [6.07, 6.45) is 5.67. The first kappa shape index (κ1) is 24.1. The molecule has 1 unspecified atom stereocenters. The number of nitrogens with one attached hydrogen (secondary N) is 1. The van der Waals surface area contributed by atoms with Crippen LogP contribution in [0.5, 0.6) is 11.5 Å². The Bertz CT molecular complexity index is 2220. The van der Waals surface area contributed by atoms with Crippen molar-refractivity contribution in [1.29, 1.82) is 0 Å². The largest absolute Gasteiger partial charge is 0.457 e. The van der Waals surface area contributed by atoms with Gasteiger partial charge in [-0.2, -0.15) is 0 Å². The van der Waals surface area contributed by atoms with Crippen molar-refractivity contribution >= 4 is 34.2 Å². The number of rotatable bonds is 0. The van der Waals surface area contributed by atoms with E-state index >= 15 is 0 Å². The first-order valence-electron chi connectivity index (χ1n) is 15.5. The second-order valence-electron chi connectivity index (χ2n) is 12.4. The van der Waals surface area contributed by atoms with Gasteiger partial charge in [-0.15, -0.1) is 0 Å². The number of hydrogen-bond donors (Lipinski definition) is 1. The van der Waals surface area contributed by atoms with Gasteiger partial charge >= 0.3 is 0 Å². The van der Waals surface area contributed by atoms with Gasteiger partial charge in [0.25, 0.3) is 0 Å². The number of nitrogens with zero attached hydrogens (tertiary/aromatic N) is 2. The Morgan fingerprint density at radius 2 is 1.48 bits per heavy atom. The van der Waals surface area contributed by atoms with Crippen molar-refractivity contribution < 1.29 is 4.74 Å². The lowest BCUT2D eigenvalue weighted by molar-refractivity contribution is 0.436. The lowest BCUT2D eigenvalue weighted by Gasteiger charge is -2.39. The van der Waals surface area contributed by atoms with Gasteiger partial charge in [0.05, 0.1) is 34.5 Å². The van der Waals surface area contributed by atoms with Crippen LogP contribution in [-0.2, 0) is 5.41 Å². The van der Waals surface area contributed by atoms with Crippen LogP contribution in [0.3, 0.4) is 0 Å². The molecule has 0 saturated heterocycles. The van der Waals surface area contributed by atoms with E-state index in [0.29, 0.717) is 12.5 Å². The highest BCUT2D eigenvalue weighted by atomic mass is 16.5. The molecule has 0 radical (unpaired) electrons. The molecule has 0 saturated carbocycles. The molecule has 0 fully saturated rings. The molecule has 0 bridgehead atoms. The van der Waals surface area contributed by atoms with Crippen LogP contribution >= 0.6 is 0 Å². The summed E-state index contributed by atoms with van der Waals surface area (Å²) in [7, 11) is 0. The fraction of sp³-hybridized carbons (Fsp3) is 0.125. The molecule has 4 nitrogen and oxygen atoms in total. The molecule has 4 aliphatic rings. The summed E-state index contributed by atoms with van der Waals surface area (Å²) < 4.78 is 9.00. The van der Waals surface area contributed by atoms with Gasteiger partial charge in [0, 0.05) is 16.5 Å². The molecule has 6 aromatic rings. The van der Waals surface area contributed by atoms with Gasteiger partial charge in [-0.05, 0) is 82.6 Å². The maximum atomic E-state index is 6.57. The van der Waals surface area contributed by atoms with Crippen LogP contribution in [0.25, 0.3) is 28.1 Å². The first-order valence-corrected chi connectivity index (χ1v) is 15.5. The number of benzene rings is 5. The van der Waals surface area contributed by atoms with E-state index in [1.807, 2.05) is 0 Å². The molecule has 0 amide bonds. The molecule has 4 heteroatoms. The quantitative estimate of drug-likeness (QED) is 0.198. The van der Waals surface area contributed by atoms with Crippen LogP contribution in [0.4, 0.5) is 11.4 Å². The number of para-hydroxylation sites is 4. The zero-order valence-electron chi connectivity index (χ0n) is 24.3. The van der Waals surface area contributed by atoms with E-state index in [4.69, 9.17) is 9.73 Å². The molecule has 5 aromatic carbocycles. The third-order valence-electron chi connectivity index (χ3n) is 10.1. The third-order valence-corrected chi connectivity index (χ3v) is 10.1. The molecular formula is C40H29N3O. The molecule has 1 aromatic heterocycles. The number of fused-ring (bicyclic) bond motifs is 13. The molecule has 44 heavy (non-hydrogen) atoms. The lowest BCUT2D eigenvalue weighted by atomic mass is 9.66. The van der Waals surface area contributed by atoms with Crippen molar-refractivity contribution in [2.75, 3.05) is 11.9 Å². The van der Waals surface area contributed by atoms with Crippen LogP contribution in [0.1, 0.15) is 52.8 Å². The predicted molar refractivity (Wildman–Crippen MR) is 179 cm³/mol. The monoisotopic (exact) mass is 567 g/mol. The Morgan fingerprint density at radius 1 is 0.773 bits per heavy atom. The summed E-state index contributed by atoms with van der Waals surface area (Å²) in [4.78, 5) is 5.24. The van der Waals surface area contributed by atoms with Gasteiger partial charge in [-0.1, -0.05) is 85.8 Å². The zero-order chi connectivity index (χ0) is 29.0. The fourth-order valence-corrected chi connectivity index (χ4v) is 8.34. The smallest absolute Gasteiger partial charge is 0.133 e. The molecule has 3 heterocycles. The normalized spacial score (nSPS) is 17.8. The van der Waals surface area contributed by atoms with E-state index in [1.54, 1.807) is 0 Å². The molecule has 2 aliphatic heterocycles. The zero-order valence-corrected chi connectivity index (χ0v) is 24.3. The van der Waals surface area contributed by atoms with Gasteiger partial charge < -0.3 is 10.1 Å². The second-order valence-corrected chi connectivity index (χ2v) is 12.4. The van der Waals surface area contributed by atoms with Gasteiger partial charge in [0.15, 0.2) is 0 Å². The molecule has 1 spiro atoms. The highest BCUT2D eigenvalue weighted by Crippen LogP contribution is 2.62. The highest BCUT2D eigenvalue weighted by molar-refractivity contribution is 6.07. The van der Waals surface area contributed by atoms with Crippen LogP contribution in [0.2, 0.25) is 0 Å². The minimum Gasteiger partial charge on any atom is -0.457 e. The molecule has 1 atom stereocenters. The summed E-state index contributed by atoms with van der Waals surface area (Å²) in [5, 5.41) is 4.96. The Kier molecular flexibility index (Phi) is 4.72. The van der Waals surface area contributed by atoms with Crippen molar-refractivity contribution in [3.63, 3.8) is 0 Å². The number of anilines is 1. The Morgan fingerprint density at radius 3 is 2.30 bits per heavy atom. The number of aliphatic imine (C=N–C) groups is 1. The summed E-state index contributed by atoms with van der Waals surface area (Å²) in [5.74, 6) is 3.26. The Balaban J connectivity index is 1.36. The van der Waals surface area contributed by atoms with Crippen molar-refractivity contribution in [3.8, 4) is 22.6 Å². The number of hydrogen-bond acceptors (Lipinski definition) is 3. The summed E-state index contributed by atoms with van der Waals surface area (Å²) >= 11 is 0. The summed E-state index contributed by atoms with van der Waals surface area (Å²) in [5.41, 5.74) is 13.0. The van der Waals surface area contributed by atoms with Crippen LogP contribution < -0.4 is 10.1 Å². The van der Waals surface area contributed by atoms with E-state index < -0.39 is 5.41 Å². The van der Waals surface area contributed by atoms with Crippen molar-refractivity contribution in [3.05, 3.63) is 149 Å². The van der Waals surface area contributed by atoms with Gasteiger partial charge in [-0.3, -0.25) is 4.57 Å². The van der Waals surface area contributed by atoms with E-state index in [-0.39, 0.29) is 0 Å². The average Bonchev–Trinajstić information content (AvgIpc) is 3.55. The third kappa shape index (κ3) is 2.95. The molecule has 2 aliphatic carbocycles. The summed E-state index contributed by atoms with van der Waals surface area (Å²) in [6, 6.07) is 39.4. The topological polar surface area (TPSA) is 38.5 Å². The molecular weight excluding hydrogens is 538 g/mol. The van der Waals surface area contributed by atoms with Crippen molar-refractivity contribution in [2.24, 2.45) is 4.99 Å². The number of ether oxygens (including phenoxy) is 1. The van der Waals surface area contributed by atoms with Crippen molar-refractivity contribution in [1.82, 2.24) is 4.57 Å². The molecule has 210 valence electrons. The minimum atomic E-state index is -0.498. The maximum Gasteiger partial charge on any atom is 0.133 e. The maximum absolute atomic E-state index is 6.57. The van der Waals surface area contributed by atoms with Crippen molar-refractivity contribution in [2.45, 2.75) is 24.7 Å². The first-order chi connectivity index (χ1) is 21.7. The molecule has 10 rings (SSSR count). The standard InChI is InChI=1S/C40H29N3O/c1-24-11-10-18-34-39(24)27-21-26-25-12-2-3-13-28(25)40(29-14-4-8-19-36(29)44-37-20-9-5-15-30(37)40)31(26)22-35(27)43(34)38-23-41-32-16-6-7-17-33(32)42-38/h2-10,12-22,24,41H,11,23H2,1H3. The SMILES string of the molecule is CC1CC=Cc2c1c1cc3c(cc1n2C1=Nc2ccccc2NC1)C1(c2ccccc2Oc2ccccc21)c1ccccc1-3. The minimum absolute atomic E-state index is 0.413. The molecule has 1 N–H and O–H groups in total. The van der Waals surface area contributed by atoms with E-state index in [0.717, 1.165) is 35.1 Å². The van der Waals surface area contributed by atoms with E-state index in [2.05, 4.69) is 138 Å². The van der Waals surface area contributed by atoms with Crippen LogP contribution in [-0.4, -0.2) is 16.9 Å². The van der Waals surface area contributed by atoms with Gasteiger partial charge in [0.2, 0.25) is 0 Å². The summed E-state index contributed by atoms with van der Waals surface area (Å²) in [6.45, 7) is 3.02. The average molecular weight is 568 g/mol. The number of aromatic nitrogens is 1. The van der Waals surface area contributed by atoms with Crippen LogP contribution in [0.15, 0.2) is 120 Å². The Hall–Kier alpha value is -5.35. The predicted octanol–water partition coefficient (Wildman–Crippen LogP) is 9.63. The Labute approximate surface area is 256 Å². The fourth-order valence-electron chi connectivity index (χ4n) is 8.34. The van der Waals surface area contributed by atoms with Gasteiger partial charge in [-0.25, -0.2) is 4.99 Å². The van der Waals surface area contributed by atoms with E-state index in [1.165, 1.54) is 55.5 Å². The number of allylic oxidation sites excluding steroid dienone is 1. The highest BCUT2D eigenvalue weighted by Gasteiger charge is 2.51. The lowest BCUT2D eigenvalue weighted by Crippen LogP contribution is -2.32. The van der Waals surface area contributed by atoms with Gasteiger partial charge in [0.1, 0.15) is 17.3 Å². The van der Waals surface area contributed by atoms with Crippen LogP contribution in [0, 0.1) is 0 Å². The van der Waals surface area contributed by atoms with E-state index in [9.17, 15) is 0 Å².